The molecule has 1 aliphatic heterocycles. The van der Waals surface area contributed by atoms with Crippen molar-refractivity contribution in [3.63, 3.8) is 0 Å². The van der Waals surface area contributed by atoms with Crippen LogP contribution in [0.25, 0.3) is 0 Å². The molecule has 2 atom stereocenters. The van der Waals surface area contributed by atoms with E-state index in [1.807, 2.05) is 18.2 Å². The predicted molar refractivity (Wildman–Crippen MR) is 76.1 cm³/mol. The lowest BCUT2D eigenvalue weighted by molar-refractivity contribution is -0.0150. The van der Waals surface area contributed by atoms with E-state index < -0.39 is 0 Å². The highest BCUT2D eigenvalue weighted by Crippen LogP contribution is 2.29. The van der Waals surface area contributed by atoms with Crippen molar-refractivity contribution in [1.82, 2.24) is 5.32 Å². The van der Waals surface area contributed by atoms with Crippen molar-refractivity contribution in [3.05, 3.63) is 34.9 Å². The summed E-state index contributed by atoms with van der Waals surface area (Å²) in [7, 11) is 0. The zero-order chi connectivity index (χ0) is 13.2. The third-order valence-electron chi connectivity index (χ3n) is 3.58. The summed E-state index contributed by atoms with van der Waals surface area (Å²) in [6.07, 6.45) is 2.60. The minimum atomic E-state index is 0.0416. The van der Waals surface area contributed by atoms with Gasteiger partial charge in [0.2, 0.25) is 0 Å². The van der Waals surface area contributed by atoms with Crippen LogP contribution < -0.4 is 5.32 Å². The molecule has 0 bridgehead atoms. The quantitative estimate of drug-likeness (QED) is 0.892. The first-order chi connectivity index (χ1) is 8.48. The molecule has 18 heavy (non-hydrogen) atoms. The Hall–Kier alpha value is -0.570. The van der Waals surface area contributed by atoms with Gasteiger partial charge in [-0.15, -0.1) is 0 Å². The summed E-state index contributed by atoms with van der Waals surface area (Å²) in [5.41, 5.74) is 1.19. The maximum absolute atomic E-state index is 6.19. The van der Waals surface area contributed by atoms with Crippen molar-refractivity contribution in [2.24, 2.45) is 0 Å². The van der Waals surface area contributed by atoms with E-state index in [9.17, 15) is 0 Å². The SMILES string of the molecule is CC(NCC1CCC(C)(C)O1)c1ccccc1Cl. The molecule has 2 rings (SSSR count). The summed E-state index contributed by atoms with van der Waals surface area (Å²) in [6.45, 7) is 7.34. The molecule has 0 aliphatic carbocycles. The van der Waals surface area contributed by atoms with Crippen LogP contribution in [-0.2, 0) is 4.74 Å². The number of nitrogens with one attached hydrogen (secondary N) is 1. The molecule has 2 nitrogen and oxygen atoms in total. The van der Waals surface area contributed by atoms with Gasteiger partial charge < -0.3 is 10.1 Å². The van der Waals surface area contributed by atoms with Gasteiger partial charge in [-0.3, -0.25) is 0 Å². The smallest absolute Gasteiger partial charge is 0.0708 e. The van der Waals surface area contributed by atoms with Gasteiger partial charge in [-0.25, -0.2) is 0 Å². The molecule has 0 amide bonds. The highest BCUT2D eigenvalue weighted by Gasteiger charge is 2.31. The number of halogens is 1. The third-order valence-corrected chi connectivity index (χ3v) is 3.92. The van der Waals surface area contributed by atoms with Gasteiger partial charge >= 0.3 is 0 Å². The Morgan fingerprint density at radius 2 is 2.17 bits per heavy atom. The van der Waals surface area contributed by atoms with Crippen molar-refractivity contribution < 1.29 is 4.74 Å². The van der Waals surface area contributed by atoms with E-state index in [1.165, 1.54) is 0 Å². The van der Waals surface area contributed by atoms with Gasteiger partial charge in [0.1, 0.15) is 0 Å². The van der Waals surface area contributed by atoms with E-state index in [1.54, 1.807) is 0 Å². The molecule has 1 N–H and O–H groups in total. The van der Waals surface area contributed by atoms with Crippen LogP contribution in [0.1, 0.15) is 45.2 Å². The van der Waals surface area contributed by atoms with Gasteiger partial charge in [-0.2, -0.15) is 0 Å². The molecule has 1 heterocycles. The van der Waals surface area contributed by atoms with Crippen LogP contribution in [-0.4, -0.2) is 18.2 Å². The molecule has 1 aliphatic rings. The van der Waals surface area contributed by atoms with Crippen LogP contribution >= 0.6 is 11.6 Å². The lowest BCUT2D eigenvalue weighted by atomic mass is 10.1. The topological polar surface area (TPSA) is 21.3 Å². The summed E-state index contributed by atoms with van der Waals surface area (Å²) in [6, 6.07) is 8.24. The minimum Gasteiger partial charge on any atom is -0.371 e. The summed E-state index contributed by atoms with van der Waals surface area (Å²) in [5.74, 6) is 0. The minimum absolute atomic E-state index is 0.0416. The van der Waals surface area contributed by atoms with Crippen molar-refractivity contribution in [1.29, 1.82) is 0 Å². The van der Waals surface area contributed by atoms with Gasteiger partial charge in [0.25, 0.3) is 0 Å². The molecule has 0 spiro atoms. The van der Waals surface area contributed by atoms with Gasteiger partial charge in [0.05, 0.1) is 11.7 Å². The molecule has 1 aromatic rings. The number of hydrogen-bond donors (Lipinski definition) is 1. The molecule has 0 aromatic heterocycles. The Kier molecular flexibility index (Phi) is 4.31. The molecule has 1 aromatic carbocycles. The lowest BCUT2D eigenvalue weighted by Gasteiger charge is -2.21. The average molecular weight is 268 g/mol. The van der Waals surface area contributed by atoms with E-state index in [-0.39, 0.29) is 11.6 Å². The van der Waals surface area contributed by atoms with Crippen LogP contribution in [0.4, 0.5) is 0 Å². The first-order valence-corrected chi connectivity index (χ1v) is 7.01. The second kappa shape index (κ2) is 5.60. The van der Waals surface area contributed by atoms with Crippen LogP contribution in [0, 0.1) is 0 Å². The number of hydrogen-bond acceptors (Lipinski definition) is 2. The molecule has 100 valence electrons. The fourth-order valence-corrected chi connectivity index (χ4v) is 2.77. The molecule has 3 heteroatoms. The monoisotopic (exact) mass is 267 g/mol. The van der Waals surface area contributed by atoms with Crippen LogP contribution in [0.15, 0.2) is 24.3 Å². The largest absolute Gasteiger partial charge is 0.371 e. The van der Waals surface area contributed by atoms with Crippen molar-refractivity contribution in [2.75, 3.05) is 6.54 Å². The van der Waals surface area contributed by atoms with Gasteiger partial charge in [-0.05, 0) is 45.2 Å². The normalized spacial score (nSPS) is 24.1. The lowest BCUT2D eigenvalue weighted by Crippen LogP contribution is -2.31. The summed E-state index contributed by atoms with van der Waals surface area (Å²) >= 11 is 6.19. The van der Waals surface area contributed by atoms with E-state index in [4.69, 9.17) is 16.3 Å². The molecule has 0 saturated carbocycles. The van der Waals surface area contributed by atoms with Crippen molar-refractivity contribution in [2.45, 2.75) is 51.4 Å². The zero-order valence-corrected chi connectivity index (χ0v) is 12.1. The number of benzene rings is 1. The Morgan fingerprint density at radius 1 is 1.44 bits per heavy atom. The molecule has 0 radical (unpaired) electrons. The summed E-state index contributed by atoms with van der Waals surface area (Å²) in [5, 5.41) is 4.33. The second-order valence-electron chi connectivity index (χ2n) is 5.69. The average Bonchev–Trinajstić information content (AvgIpc) is 2.66. The maximum Gasteiger partial charge on any atom is 0.0708 e. The highest BCUT2D eigenvalue weighted by molar-refractivity contribution is 6.31. The Labute approximate surface area is 115 Å². The van der Waals surface area contributed by atoms with Gasteiger partial charge in [-0.1, -0.05) is 29.8 Å². The fraction of sp³-hybridized carbons (Fsp3) is 0.600. The molecular formula is C15H22ClNO. The molecule has 1 fully saturated rings. The molecular weight excluding hydrogens is 246 g/mol. The van der Waals surface area contributed by atoms with E-state index in [0.717, 1.165) is 30.0 Å². The van der Waals surface area contributed by atoms with E-state index >= 15 is 0 Å². The zero-order valence-electron chi connectivity index (χ0n) is 11.4. The van der Waals surface area contributed by atoms with E-state index in [0.29, 0.717) is 6.10 Å². The Balaban J connectivity index is 1.86. The number of rotatable bonds is 4. The Bertz CT molecular complexity index is 405. The highest BCUT2D eigenvalue weighted by atomic mass is 35.5. The van der Waals surface area contributed by atoms with Crippen molar-refractivity contribution in [3.8, 4) is 0 Å². The second-order valence-corrected chi connectivity index (χ2v) is 6.10. The van der Waals surface area contributed by atoms with E-state index in [2.05, 4.69) is 32.2 Å². The van der Waals surface area contributed by atoms with Crippen LogP contribution in [0.3, 0.4) is 0 Å². The van der Waals surface area contributed by atoms with Gasteiger partial charge in [0, 0.05) is 17.6 Å². The predicted octanol–water partition coefficient (Wildman–Crippen LogP) is 3.95. The first-order valence-electron chi connectivity index (χ1n) is 6.63. The van der Waals surface area contributed by atoms with Crippen molar-refractivity contribution >= 4 is 11.6 Å². The molecule has 2 unspecified atom stereocenters. The van der Waals surface area contributed by atoms with Crippen LogP contribution in [0.2, 0.25) is 5.02 Å². The third kappa shape index (κ3) is 3.47. The fourth-order valence-electron chi connectivity index (χ4n) is 2.47. The first kappa shape index (κ1) is 13.9. The maximum atomic E-state index is 6.19. The summed E-state index contributed by atoms with van der Waals surface area (Å²) < 4.78 is 5.97. The van der Waals surface area contributed by atoms with Gasteiger partial charge in [0.15, 0.2) is 0 Å². The summed E-state index contributed by atoms with van der Waals surface area (Å²) in [4.78, 5) is 0. The van der Waals surface area contributed by atoms with Crippen LogP contribution in [0.5, 0.6) is 0 Å². The standard InChI is InChI=1S/C15H22ClNO/c1-11(13-6-4-5-7-14(13)16)17-10-12-8-9-15(2,3)18-12/h4-7,11-12,17H,8-10H2,1-3H3. The number of ether oxygens (including phenoxy) is 1. The molecule has 1 saturated heterocycles. The Morgan fingerprint density at radius 3 is 2.78 bits per heavy atom.